The van der Waals surface area contributed by atoms with E-state index >= 15 is 0 Å². The molecule has 3 rings (SSSR count). The summed E-state index contributed by atoms with van der Waals surface area (Å²) in [4.78, 5) is 0. The van der Waals surface area contributed by atoms with E-state index in [9.17, 15) is 0 Å². The Morgan fingerprint density at radius 2 is 1.76 bits per heavy atom. The average Bonchev–Trinajstić information content (AvgIpc) is 2.84. The molecule has 1 N–H and O–H groups in total. The van der Waals surface area contributed by atoms with Crippen LogP contribution in [0.5, 0.6) is 0 Å². The lowest BCUT2D eigenvalue weighted by atomic mass is 10.1. The van der Waals surface area contributed by atoms with Gasteiger partial charge in [-0.15, -0.1) is 0 Å². The van der Waals surface area contributed by atoms with Gasteiger partial charge in [-0.1, -0.05) is 33.6 Å². The minimum Gasteiger partial charge on any atom is -0.279 e. The maximum absolute atomic E-state index is 4.70. The Bertz CT molecular complexity index is 924. The summed E-state index contributed by atoms with van der Waals surface area (Å²) in [5.41, 5.74) is 10.6. The molecule has 5 heteroatoms. The first-order valence-electron chi connectivity index (χ1n) is 8.14. The number of hydrogen-bond donors (Lipinski definition) is 1. The Balaban J connectivity index is 1.86. The topological polar surface area (TPSA) is 42.2 Å². The van der Waals surface area contributed by atoms with Crippen molar-refractivity contribution in [2.24, 2.45) is 5.10 Å². The zero-order valence-corrected chi connectivity index (χ0v) is 16.4. The van der Waals surface area contributed by atoms with Gasteiger partial charge >= 0.3 is 0 Å². The lowest BCUT2D eigenvalue weighted by Gasteiger charge is -2.09. The third-order valence-corrected chi connectivity index (χ3v) is 4.69. The van der Waals surface area contributed by atoms with Crippen molar-refractivity contribution in [2.45, 2.75) is 27.7 Å². The summed E-state index contributed by atoms with van der Waals surface area (Å²) < 4.78 is 3.04. The summed E-state index contributed by atoms with van der Waals surface area (Å²) in [6.07, 6.45) is 1.83. The van der Waals surface area contributed by atoms with E-state index in [4.69, 9.17) is 5.10 Å². The molecule has 0 unspecified atom stereocenters. The highest BCUT2D eigenvalue weighted by molar-refractivity contribution is 9.10. The summed E-state index contributed by atoms with van der Waals surface area (Å²) in [5.74, 6) is 0. The van der Waals surface area contributed by atoms with Crippen LogP contribution in [0.2, 0.25) is 0 Å². The van der Waals surface area contributed by atoms with Crippen LogP contribution in [0.25, 0.3) is 5.69 Å². The van der Waals surface area contributed by atoms with Crippen LogP contribution < -0.4 is 5.43 Å². The highest BCUT2D eigenvalue weighted by Gasteiger charge is 2.12. The van der Waals surface area contributed by atoms with Gasteiger partial charge in [0.2, 0.25) is 0 Å². The molecule has 0 aliphatic rings. The van der Waals surface area contributed by atoms with Gasteiger partial charge in [0.1, 0.15) is 0 Å². The predicted octanol–water partition coefficient (Wildman–Crippen LogP) is 5.31. The molecule has 0 aliphatic carbocycles. The minimum absolute atomic E-state index is 0.941. The Hall–Kier alpha value is -2.40. The summed E-state index contributed by atoms with van der Waals surface area (Å²) in [6.45, 7) is 8.29. The van der Waals surface area contributed by atoms with Crippen LogP contribution in [0.4, 0.5) is 5.69 Å². The summed E-state index contributed by atoms with van der Waals surface area (Å²) in [6, 6.07) is 14.3. The van der Waals surface area contributed by atoms with Crippen molar-refractivity contribution < 1.29 is 0 Å². The summed E-state index contributed by atoms with van der Waals surface area (Å²) >= 11 is 3.43. The molecule has 1 heterocycles. The second-order valence-corrected chi connectivity index (χ2v) is 7.08. The molecule has 4 nitrogen and oxygen atoms in total. The molecule has 0 spiro atoms. The van der Waals surface area contributed by atoms with E-state index in [2.05, 4.69) is 65.4 Å². The largest absolute Gasteiger partial charge is 0.279 e. The van der Waals surface area contributed by atoms with Crippen molar-refractivity contribution in [3.05, 3.63) is 75.0 Å². The standard InChI is InChI=1S/C20H21BrN4/c1-13-5-10-20(14(2)11-13)25-16(4)19(15(3)24-25)12-22-23-18-8-6-17(21)7-9-18/h5-12,23H,1-4H3/b22-12+. The van der Waals surface area contributed by atoms with E-state index in [1.54, 1.807) is 0 Å². The molecule has 3 aromatic rings. The molecule has 0 radical (unpaired) electrons. The lowest BCUT2D eigenvalue weighted by molar-refractivity contribution is 0.827. The molecule has 0 amide bonds. The monoisotopic (exact) mass is 396 g/mol. The lowest BCUT2D eigenvalue weighted by Crippen LogP contribution is -2.02. The fourth-order valence-corrected chi connectivity index (χ4v) is 3.08. The molecule has 0 atom stereocenters. The van der Waals surface area contributed by atoms with Crippen molar-refractivity contribution >= 4 is 27.8 Å². The van der Waals surface area contributed by atoms with Gasteiger partial charge in [0.25, 0.3) is 0 Å². The van der Waals surface area contributed by atoms with Gasteiger partial charge in [-0.05, 0) is 63.6 Å². The van der Waals surface area contributed by atoms with Crippen LogP contribution in [0, 0.1) is 27.7 Å². The molecule has 0 aliphatic heterocycles. The van der Waals surface area contributed by atoms with Crippen molar-refractivity contribution in [3.8, 4) is 5.69 Å². The average molecular weight is 397 g/mol. The van der Waals surface area contributed by atoms with Crippen LogP contribution >= 0.6 is 15.9 Å². The van der Waals surface area contributed by atoms with Gasteiger partial charge < -0.3 is 0 Å². The molecule has 0 fully saturated rings. The number of halogens is 1. The van der Waals surface area contributed by atoms with Crippen molar-refractivity contribution in [1.82, 2.24) is 9.78 Å². The molecule has 1 aromatic heterocycles. The zero-order chi connectivity index (χ0) is 18.0. The fourth-order valence-electron chi connectivity index (χ4n) is 2.81. The highest BCUT2D eigenvalue weighted by atomic mass is 79.9. The quantitative estimate of drug-likeness (QED) is 0.479. The molecular weight excluding hydrogens is 376 g/mol. The number of benzene rings is 2. The first-order chi connectivity index (χ1) is 12.0. The van der Waals surface area contributed by atoms with Crippen LogP contribution in [-0.4, -0.2) is 16.0 Å². The molecule has 0 saturated heterocycles. The maximum Gasteiger partial charge on any atom is 0.0689 e. The molecule has 2 aromatic carbocycles. The second kappa shape index (κ2) is 7.23. The predicted molar refractivity (Wildman–Crippen MR) is 108 cm³/mol. The second-order valence-electron chi connectivity index (χ2n) is 6.16. The van der Waals surface area contributed by atoms with Gasteiger partial charge in [-0.2, -0.15) is 10.2 Å². The minimum atomic E-state index is 0.941. The number of nitrogens with zero attached hydrogens (tertiary/aromatic N) is 3. The Kier molecular flexibility index (Phi) is 5.04. The maximum atomic E-state index is 4.70. The van der Waals surface area contributed by atoms with E-state index in [0.29, 0.717) is 0 Å². The Labute approximate surface area is 156 Å². The number of anilines is 1. The third kappa shape index (κ3) is 3.82. The molecule has 0 bridgehead atoms. The number of nitrogens with one attached hydrogen (secondary N) is 1. The van der Waals surface area contributed by atoms with E-state index in [0.717, 1.165) is 32.8 Å². The zero-order valence-electron chi connectivity index (χ0n) is 14.8. The normalized spacial score (nSPS) is 11.2. The van der Waals surface area contributed by atoms with Gasteiger partial charge in [-0.25, -0.2) is 4.68 Å². The third-order valence-electron chi connectivity index (χ3n) is 4.16. The van der Waals surface area contributed by atoms with Crippen LogP contribution in [-0.2, 0) is 0 Å². The SMILES string of the molecule is Cc1ccc(-n2nc(C)c(/C=N/Nc3ccc(Br)cc3)c2C)c(C)c1. The Morgan fingerprint density at radius 1 is 1.04 bits per heavy atom. The summed E-state index contributed by atoms with van der Waals surface area (Å²) in [5, 5.41) is 9.06. The molecule has 0 saturated carbocycles. The smallest absolute Gasteiger partial charge is 0.0689 e. The van der Waals surface area contributed by atoms with Crippen molar-refractivity contribution in [3.63, 3.8) is 0 Å². The van der Waals surface area contributed by atoms with Gasteiger partial charge in [-0.3, -0.25) is 5.43 Å². The highest BCUT2D eigenvalue weighted by Crippen LogP contribution is 2.20. The number of rotatable bonds is 4. The first kappa shape index (κ1) is 17.4. The molecular formula is C20H21BrN4. The van der Waals surface area contributed by atoms with Gasteiger partial charge in [0.15, 0.2) is 0 Å². The van der Waals surface area contributed by atoms with Crippen LogP contribution in [0.15, 0.2) is 52.0 Å². The first-order valence-corrected chi connectivity index (χ1v) is 8.93. The Morgan fingerprint density at radius 3 is 2.44 bits per heavy atom. The van der Waals surface area contributed by atoms with Crippen molar-refractivity contribution in [2.75, 3.05) is 5.43 Å². The van der Waals surface area contributed by atoms with Crippen LogP contribution in [0.3, 0.4) is 0 Å². The van der Waals surface area contributed by atoms with E-state index < -0.39 is 0 Å². The van der Waals surface area contributed by atoms with Gasteiger partial charge in [0.05, 0.1) is 29.0 Å². The molecule has 128 valence electrons. The summed E-state index contributed by atoms with van der Waals surface area (Å²) in [7, 11) is 0. The van der Waals surface area contributed by atoms with E-state index in [1.165, 1.54) is 11.1 Å². The van der Waals surface area contributed by atoms with E-state index in [1.807, 2.05) is 42.1 Å². The van der Waals surface area contributed by atoms with Crippen LogP contribution in [0.1, 0.15) is 28.1 Å². The molecule has 25 heavy (non-hydrogen) atoms. The van der Waals surface area contributed by atoms with Crippen molar-refractivity contribution in [1.29, 1.82) is 0 Å². The van der Waals surface area contributed by atoms with Gasteiger partial charge in [0, 0.05) is 10.0 Å². The number of hydrogen-bond acceptors (Lipinski definition) is 3. The number of aromatic nitrogens is 2. The number of aryl methyl sites for hydroxylation is 3. The fraction of sp³-hybridized carbons (Fsp3) is 0.200. The van der Waals surface area contributed by atoms with E-state index in [-0.39, 0.29) is 0 Å². The number of hydrazone groups is 1.